The maximum absolute atomic E-state index is 12.3. The number of amides is 2. The molecule has 0 aromatic heterocycles. The summed E-state index contributed by atoms with van der Waals surface area (Å²) in [5.41, 5.74) is 0. The highest BCUT2D eigenvalue weighted by atomic mass is 32.2. The van der Waals surface area contributed by atoms with Crippen LogP contribution in [0, 0.1) is 5.92 Å². The lowest BCUT2D eigenvalue weighted by atomic mass is 9.97. The van der Waals surface area contributed by atoms with E-state index in [0.717, 1.165) is 25.7 Å². The summed E-state index contributed by atoms with van der Waals surface area (Å²) < 4.78 is 26.5. The van der Waals surface area contributed by atoms with E-state index in [1.165, 1.54) is 19.1 Å². The standard InChI is InChI=1S/C15H20N2O4S/c1-11(18)16-14(12-7-5-6-8-12)15(19)17-22(20,21)13-9-3-2-4-10-13/h2-4,9-10,12,14H,5-8H2,1H3,(H,16,18)(H,17,19). The molecule has 0 spiro atoms. The number of hydrogen-bond acceptors (Lipinski definition) is 4. The third-order valence-corrected chi connectivity index (χ3v) is 5.16. The van der Waals surface area contributed by atoms with Crippen LogP contribution in [0.1, 0.15) is 32.6 Å². The lowest BCUT2D eigenvalue weighted by Gasteiger charge is -2.23. The lowest BCUT2D eigenvalue weighted by Crippen LogP contribution is -2.51. The molecule has 0 aliphatic heterocycles. The van der Waals surface area contributed by atoms with Gasteiger partial charge in [-0.1, -0.05) is 31.0 Å². The Morgan fingerprint density at radius 2 is 1.73 bits per heavy atom. The van der Waals surface area contributed by atoms with E-state index in [1.54, 1.807) is 18.2 Å². The largest absolute Gasteiger partial charge is 0.344 e. The minimum atomic E-state index is -3.92. The van der Waals surface area contributed by atoms with Gasteiger partial charge in [-0.15, -0.1) is 0 Å². The highest BCUT2D eigenvalue weighted by Gasteiger charge is 2.33. The molecule has 0 radical (unpaired) electrons. The van der Waals surface area contributed by atoms with Crippen LogP contribution in [0.25, 0.3) is 0 Å². The molecule has 2 rings (SSSR count). The average Bonchev–Trinajstić information content (AvgIpc) is 2.99. The van der Waals surface area contributed by atoms with Crippen molar-refractivity contribution in [3.8, 4) is 0 Å². The number of carbonyl (C=O) groups is 2. The van der Waals surface area contributed by atoms with Gasteiger partial charge < -0.3 is 5.32 Å². The summed E-state index contributed by atoms with van der Waals surface area (Å²) in [6.45, 7) is 1.32. The molecule has 2 N–H and O–H groups in total. The Morgan fingerprint density at radius 3 is 2.27 bits per heavy atom. The van der Waals surface area contributed by atoms with Crippen LogP contribution >= 0.6 is 0 Å². The zero-order valence-electron chi connectivity index (χ0n) is 12.4. The maximum Gasteiger partial charge on any atom is 0.264 e. The molecule has 7 heteroatoms. The van der Waals surface area contributed by atoms with Gasteiger partial charge in [-0.25, -0.2) is 13.1 Å². The number of nitrogens with one attached hydrogen (secondary N) is 2. The van der Waals surface area contributed by atoms with Crippen LogP contribution in [0.3, 0.4) is 0 Å². The summed E-state index contributed by atoms with van der Waals surface area (Å²) in [4.78, 5) is 23.7. The summed E-state index contributed by atoms with van der Waals surface area (Å²) >= 11 is 0. The Bertz CT molecular complexity index is 637. The Balaban J connectivity index is 2.15. The minimum Gasteiger partial charge on any atom is -0.344 e. The molecular formula is C15H20N2O4S. The van der Waals surface area contributed by atoms with Crippen LogP contribution in [0.4, 0.5) is 0 Å². The van der Waals surface area contributed by atoms with E-state index in [2.05, 4.69) is 10.0 Å². The van der Waals surface area contributed by atoms with Gasteiger partial charge in [0, 0.05) is 6.92 Å². The smallest absolute Gasteiger partial charge is 0.264 e. The van der Waals surface area contributed by atoms with Crippen molar-refractivity contribution in [3.63, 3.8) is 0 Å². The highest BCUT2D eigenvalue weighted by Crippen LogP contribution is 2.28. The molecule has 6 nitrogen and oxygen atoms in total. The van der Waals surface area contributed by atoms with E-state index < -0.39 is 22.0 Å². The molecule has 1 aliphatic rings. The van der Waals surface area contributed by atoms with Gasteiger partial charge in [-0.05, 0) is 30.9 Å². The van der Waals surface area contributed by atoms with E-state index in [9.17, 15) is 18.0 Å². The molecule has 1 saturated carbocycles. The molecule has 2 amide bonds. The molecule has 1 aromatic rings. The van der Waals surface area contributed by atoms with Crippen LogP contribution in [0.2, 0.25) is 0 Å². The van der Waals surface area contributed by atoms with E-state index >= 15 is 0 Å². The number of sulfonamides is 1. The number of benzene rings is 1. The number of rotatable bonds is 5. The molecule has 1 atom stereocenters. The van der Waals surface area contributed by atoms with Crippen LogP contribution in [-0.4, -0.2) is 26.3 Å². The highest BCUT2D eigenvalue weighted by molar-refractivity contribution is 7.90. The van der Waals surface area contributed by atoms with E-state index in [1.807, 2.05) is 0 Å². The Hall–Kier alpha value is -1.89. The SMILES string of the molecule is CC(=O)NC(C(=O)NS(=O)(=O)c1ccccc1)C1CCCC1. The fourth-order valence-electron chi connectivity index (χ4n) is 2.76. The zero-order chi connectivity index (χ0) is 16.2. The molecule has 0 bridgehead atoms. The molecule has 0 heterocycles. The summed E-state index contributed by atoms with van der Waals surface area (Å²) in [7, 11) is -3.92. The molecule has 120 valence electrons. The molecular weight excluding hydrogens is 304 g/mol. The molecule has 1 aliphatic carbocycles. The Labute approximate surface area is 130 Å². The first-order valence-corrected chi connectivity index (χ1v) is 8.77. The number of hydrogen-bond donors (Lipinski definition) is 2. The maximum atomic E-state index is 12.3. The topological polar surface area (TPSA) is 92.3 Å². The van der Waals surface area contributed by atoms with Gasteiger partial charge in [-0.3, -0.25) is 9.59 Å². The van der Waals surface area contributed by atoms with Gasteiger partial charge in [-0.2, -0.15) is 0 Å². The van der Waals surface area contributed by atoms with Crippen molar-refractivity contribution in [1.82, 2.24) is 10.0 Å². The zero-order valence-corrected chi connectivity index (χ0v) is 13.2. The van der Waals surface area contributed by atoms with Crippen LogP contribution in [-0.2, 0) is 19.6 Å². The van der Waals surface area contributed by atoms with E-state index in [-0.39, 0.29) is 16.7 Å². The van der Waals surface area contributed by atoms with Crippen LogP contribution < -0.4 is 10.0 Å². The van der Waals surface area contributed by atoms with Gasteiger partial charge in [0.15, 0.2) is 0 Å². The van der Waals surface area contributed by atoms with Gasteiger partial charge in [0.25, 0.3) is 15.9 Å². The van der Waals surface area contributed by atoms with Crippen molar-refractivity contribution in [2.24, 2.45) is 5.92 Å². The normalized spacial score (nSPS) is 17.0. The van der Waals surface area contributed by atoms with Gasteiger partial charge in [0.05, 0.1) is 4.90 Å². The van der Waals surface area contributed by atoms with Gasteiger partial charge in [0.2, 0.25) is 5.91 Å². The van der Waals surface area contributed by atoms with Crippen molar-refractivity contribution in [2.75, 3.05) is 0 Å². The predicted molar refractivity (Wildman–Crippen MR) is 81.3 cm³/mol. The van der Waals surface area contributed by atoms with Crippen molar-refractivity contribution in [1.29, 1.82) is 0 Å². The first-order valence-electron chi connectivity index (χ1n) is 7.29. The summed E-state index contributed by atoms with van der Waals surface area (Å²) in [6, 6.07) is 6.89. The van der Waals surface area contributed by atoms with E-state index in [0.29, 0.717) is 0 Å². The van der Waals surface area contributed by atoms with Crippen molar-refractivity contribution < 1.29 is 18.0 Å². The third-order valence-electron chi connectivity index (χ3n) is 3.80. The van der Waals surface area contributed by atoms with Crippen molar-refractivity contribution in [2.45, 2.75) is 43.5 Å². The minimum absolute atomic E-state index is 0.0186. The third kappa shape index (κ3) is 4.07. The quantitative estimate of drug-likeness (QED) is 0.851. The molecule has 1 unspecified atom stereocenters. The fraction of sp³-hybridized carbons (Fsp3) is 0.467. The number of carbonyl (C=O) groups excluding carboxylic acids is 2. The summed E-state index contributed by atoms with van der Waals surface area (Å²) in [5.74, 6) is -1.04. The second-order valence-corrected chi connectivity index (χ2v) is 7.19. The second kappa shape index (κ2) is 6.91. The van der Waals surface area contributed by atoms with Gasteiger partial charge >= 0.3 is 0 Å². The summed E-state index contributed by atoms with van der Waals surface area (Å²) in [6.07, 6.45) is 3.59. The van der Waals surface area contributed by atoms with Crippen molar-refractivity contribution in [3.05, 3.63) is 30.3 Å². The molecule has 0 saturated heterocycles. The summed E-state index contributed by atoms with van der Waals surface area (Å²) in [5, 5.41) is 2.58. The van der Waals surface area contributed by atoms with E-state index in [4.69, 9.17) is 0 Å². The molecule has 1 aromatic carbocycles. The fourth-order valence-corrected chi connectivity index (χ4v) is 3.79. The first kappa shape index (κ1) is 16.5. The molecule has 1 fully saturated rings. The monoisotopic (exact) mass is 324 g/mol. The molecule has 22 heavy (non-hydrogen) atoms. The Morgan fingerprint density at radius 1 is 1.14 bits per heavy atom. The lowest BCUT2D eigenvalue weighted by molar-refractivity contribution is -0.128. The Kier molecular flexibility index (Phi) is 5.18. The van der Waals surface area contributed by atoms with Gasteiger partial charge in [0.1, 0.15) is 6.04 Å². The van der Waals surface area contributed by atoms with Crippen molar-refractivity contribution >= 4 is 21.8 Å². The first-order chi connectivity index (χ1) is 10.4. The average molecular weight is 324 g/mol. The predicted octanol–water partition coefficient (Wildman–Crippen LogP) is 1.19. The van der Waals surface area contributed by atoms with Crippen LogP contribution in [0.15, 0.2) is 35.2 Å². The second-order valence-electron chi connectivity index (χ2n) is 5.51. The van der Waals surface area contributed by atoms with Crippen LogP contribution in [0.5, 0.6) is 0 Å².